The highest BCUT2D eigenvalue weighted by atomic mass is 32.2. The third-order valence-corrected chi connectivity index (χ3v) is 15.7. The molecule has 0 bridgehead atoms. The van der Waals surface area contributed by atoms with E-state index in [2.05, 4.69) is 0 Å². The minimum Gasteiger partial charge on any atom is -0.408 e. The largest absolute Gasteiger partial charge is 0.415 e. The Morgan fingerprint density at radius 2 is 0.733 bits per heavy atom. The van der Waals surface area contributed by atoms with E-state index in [1.54, 1.807) is 4.90 Å². The molecule has 2 fully saturated rings. The SMILES string of the molecule is CCCCN(CC)C(=O)Oc1c2c(c(OC(=O)N(CC)CC)c3c1SC(=C1C(=O)N(CCCC)N(CCCC)C1=O)S3)SC(=C1C(=O)N(CCCC)N(CCCC)C1=O)S2. The number of thioether (sulfide) groups is 4. The van der Waals surface area contributed by atoms with Gasteiger partial charge in [0.2, 0.25) is 0 Å². The van der Waals surface area contributed by atoms with E-state index in [9.17, 15) is 28.8 Å². The summed E-state index contributed by atoms with van der Waals surface area (Å²) < 4.78 is 13.5. The van der Waals surface area contributed by atoms with Crippen LogP contribution in [0, 0.1) is 0 Å². The molecule has 0 atom stereocenters. The fraction of sp³-hybridized carbons (Fsp3) is 0.619. The predicted molar refractivity (Wildman–Crippen MR) is 238 cm³/mol. The average Bonchev–Trinajstić information content (AvgIpc) is 3.98. The number of hydrogen-bond donors (Lipinski definition) is 0. The van der Waals surface area contributed by atoms with Gasteiger partial charge in [-0.3, -0.25) is 19.2 Å². The number of benzene rings is 1. The van der Waals surface area contributed by atoms with Crippen LogP contribution in [-0.4, -0.2) is 118 Å². The Labute approximate surface area is 371 Å². The molecule has 1 aromatic carbocycles. The molecule has 0 aromatic heterocycles. The maximum absolute atomic E-state index is 14.2. The summed E-state index contributed by atoms with van der Waals surface area (Å²) in [4.78, 5) is 89.5. The first-order valence-corrected chi connectivity index (χ1v) is 24.9. The number of hydrazine groups is 2. The van der Waals surface area contributed by atoms with E-state index in [4.69, 9.17) is 9.47 Å². The minimum atomic E-state index is -0.613. The van der Waals surface area contributed by atoms with Crippen molar-refractivity contribution >= 4 is 82.9 Å². The lowest BCUT2D eigenvalue weighted by Gasteiger charge is -2.27. The maximum atomic E-state index is 14.2. The maximum Gasteiger partial charge on any atom is 0.415 e. The highest BCUT2D eigenvalue weighted by molar-refractivity contribution is 8.26. The molecule has 2 saturated heterocycles. The van der Waals surface area contributed by atoms with Gasteiger partial charge >= 0.3 is 12.2 Å². The molecule has 1 aromatic rings. The zero-order chi connectivity index (χ0) is 43.7. The van der Waals surface area contributed by atoms with Gasteiger partial charge < -0.3 is 19.3 Å². The predicted octanol–water partition coefficient (Wildman–Crippen LogP) is 9.34. The topological polar surface area (TPSA) is 140 Å². The molecule has 0 unspecified atom stereocenters. The lowest BCUT2D eigenvalue weighted by molar-refractivity contribution is -0.147. The van der Waals surface area contributed by atoms with Gasteiger partial charge in [0.25, 0.3) is 23.6 Å². The second-order valence-electron chi connectivity index (χ2n) is 14.7. The molecule has 330 valence electrons. The second-order valence-corrected chi connectivity index (χ2v) is 19.3. The third-order valence-electron chi connectivity index (χ3n) is 10.5. The van der Waals surface area contributed by atoms with Gasteiger partial charge in [-0.2, -0.15) is 0 Å². The quantitative estimate of drug-likeness (QED) is 0.0910. The molecule has 4 aliphatic rings. The zero-order valence-corrected chi connectivity index (χ0v) is 39.6. The number of carbonyl (C=O) groups is 6. The van der Waals surface area contributed by atoms with Gasteiger partial charge in [0.05, 0.1) is 28.1 Å². The Balaban J connectivity index is 1.72. The van der Waals surface area contributed by atoms with Crippen LogP contribution in [0.15, 0.2) is 39.2 Å². The molecule has 14 nitrogen and oxygen atoms in total. The monoisotopic (exact) mass is 904 g/mol. The van der Waals surface area contributed by atoms with Crippen LogP contribution in [0.25, 0.3) is 0 Å². The van der Waals surface area contributed by atoms with Crippen LogP contribution in [0.1, 0.15) is 120 Å². The van der Waals surface area contributed by atoms with E-state index in [-0.39, 0.29) is 22.6 Å². The summed E-state index contributed by atoms with van der Waals surface area (Å²) in [6.07, 6.45) is 6.68. The Bertz CT molecular complexity index is 1740. The molecular weight excluding hydrogens is 845 g/mol. The van der Waals surface area contributed by atoms with Crippen LogP contribution in [0.5, 0.6) is 11.5 Å². The van der Waals surface area contributed by atoms with E-state index in [0.717, 1.165) is 111 Å². The Morgan fingerprint density at radius 3 is 1.00 bits per heavy atom. The van der Waals surface area contributed by atoms with Gasteiger partial charge in [0, 0.05) is 52.4 Å². The number of amides is 6. The van der Waals surface area contributed by atoms with E-state index < -0.39 is 35.8 Å². The minimum absolute atomic E-state index is 0.0228. The van der Waals surface area contributed by atoms with Gasteiger partial charge in [-0.25, -0.2) is 29.6 Å². The highest BCUT2D eigenvalue weighted by Gasteiger charge is 2.49. The first-order valence-electron chi connectivity index (χ1n) is 21.6. The van der Waals surface area contributed by atoms with E-state index in [1.807, 2.05) is 55.4 Å². The van der Waals surface area contributed by atoms with Gasteiger partial charge in [-0.1, -0.05) is 114 Å². The lowest BCUT2D eigenvalue weighted by Crippen LogP contribution is -2.42. The molecule has 18 heteroatoms. The van der Waals surface area contributed by atoms with Crippen molar-refractivity contribution in [2.45, 2.75) is 139 Å². The fourth-order valence-corrected chi connectivity index (χ4v) is 12.4. The molecule has 0 saturated carbocycles. The van der Waals surface area contributed by atoms with Gasteiger partial charge in [-0.05, 0) is 52.9 Å². The standard InChI is InChI=1S/C42H60N6O8S4/c1-9-17-22-44(16-8)42(54)56-30-33-31(57-39(59-33)27-35(49)45(23-18-10-2)46(36(27)50)24-19-11-3)29(55-41(53)43(14-6)15-7)32-34(30)60-40(58-32)28-37(51)47(25-20-12-4)48(38(28)52)26-21-13-5/h9-26H2,1-8H3. The molecule has 6 amide bonds. The van der Waals surface area contributed by atoms with Crippen LogP contribution < -0.4 is 9.47 Å². The summed E-state index contributed by atoms with van der Waals surface area (Å²) in [7, 11) is 0. The molecule has 4 aliphatic heterocycles. The lowest BCUT2D eigenvalue weighted by atomic mass is 10.3. The molecule has 60 heavy (non-hydrogen) atoms. The smallest absolute Gasteiger partial charge is 0.408 e. The van der Waals surface area contributed by atoms with Crippen molar-refractivity contribution in [1.29, 1.82) is 0 Å². The number of rotatable bonds is 20. The highest BCUT2D eigenvalue weighted by Crippen LogP contribution is 2.69. The number of ether oxygens (including phenoxy) is 2. The molecule has 5 rings (SSSR count). The van der Waals surface area contributed by atoms with Gasteiger partial charge in [0.15, 0.2) is 11.5 Å². The van der Waals surface area contributed by atoms with Crippen molar-refractivity contribution in [2.75, 3.05) is 52.4 Å². The van der Waals surface area contributed by atoms with Crippen LogP contribution in [0.4, 0.5) is 9.59 Å². The normalized spacial score (nSPS) is 16.3. The summed E-state index contributed by atoms with van der Waals surface area (Å²) in [5.41, 5.74) is 0.0455. The first-order chi connectivity index (χ1) is 29.0. The van der Waals surface area contributed by atoms with Gasteiger partial charge in [0.1, 0.15) is 11.1 Å². The summed E-state index contributed by atoms with van der Waals surface area (Å²) >= 11 is 4.54. The van der Waals surface area contributed by atoms with Crippen LogP contribution in [0.2, 0.25) is 0 Å². The van der Waals surface area contributed by atoms with Crippen molar-refractivity contribution in [1.82, 2.24) is 29.8 Å². The zero-order valence-electron chi connectivity index (χ0n) is 36.3. The number of unbranched alkanes of at least 4 members (excludes halogenated alkanes) is 5. The molecule has 0 spiro atoms. The first kappa shape index (κ1) is 47.6. The second kappa shape index (κ2) is 22.0. The third kappa shape index (κ3) is 9.76. The Hall–Kier alpha value is -3.48. The van der Waals surface area contributed by atoms with Crippen molar-refractivity contribution in [3.05, 3.63) is 19.6 Å². The van der Waals surface area contributed by atoms with Crippen molar-refractivity contribution in [3.63, 3.8) is 0 Å². The average molecular weight is 905 g/mol. The Morgan fingerprint density at radius 1 is 0.450 bits per heavy atom. The number of carbonyl (C=O) groups excluding carboxylic acids is 6. The number of nitrogens with zero attached hydrogens (tertiary/aromatic N) is 6. The summed E-state index contributed by atoms with van der Waals surface area (Å²) in [6, 6.07) is 0. The van der Waals surface area contributed by atoms with Crippen molar-refractivity contribution in [2.24, 2.45) is 0 Å². The van der Waals surface area contributed by atoms with Crippen LogP contribution in [-0.2, 0) is 19.2 Å². The van der Waals surface area contributed by atoms with Gasteiger partial charge in [-0.15, -0.1) is 0 Å². The van der Waals surface area contributed by atoms with Crippen molar-refractivity contribution in [3.8, 4) is 11.5 Å². The fourth-order valence-electron chi connectivity index (χ4n) is 6.91. The number of fused-ring (bicyclic) bond motifs is 2. The molecule has 0 N–H and O–H groups in total. The van der Waals surface area contributed by atoms with E-state index >= 15 is 0 Å². The molecule has 0 aliphatic carbocycles. The summed E-state index contributed by atoms with van der Waals surface area (Å²) in [5.74, 6) is -1.27. The van der Waals surface area contributed by atoms with Crippen LogP contribution in [0.3, 0.4) is 0 Å². The molecule has 0 radical (unpaired) electrons. The summed E-state index contributed by atoms with van der Waals surface area (Å²) in [5, 5.41) is 6.15. The van der Waals surface area contributed by atoms with Crippen LogP contribution >= 0.6 is 47.0 Å². The molecular formula is C42H60N6O8S4. The van der Waals surface area contributed by atoms with E-state index in [0.29, 0.717) is 80.4 Å². The summed E-state index contributed by atoms with van der Waals surface area (Å²) in [6.45, 7) is 18.9. The van der Waals surface area contributed by atoms with E-state index in [1.165, 1.54) is 24.9 Å². The Kier molecular flexibility index (Phi) is 17.5. The number of hydrogen-bond acceptors (Lipinski definition) is 12. The molecule has 4 heterocycles. The van der Waals surface area contributed by atoms with Crippen molar-refractivity contribution < 1.29 is 38.2 Å².